The fourth-order valence-corrected chi connectivity index (χ4v) is 2.81. The van der Waals surface area contributed by atoms with Gasteiger partial charge >= 0.3 is 0 Å². The summed E-state index contributed by atoms with van der Waals surface area (Å²) >= 11 is 5.84. The number of likely N-dealkylation sites (N-methyl/N-ethyl adjacent to an activating group) is 1. The van der Waals surface area contributed by atoms with E-state index in [1.54, 1.807) is 18.2 Å². The lowest BCUT2D eigenvalue weighted by molar-refractivity contribution is 0.133. The Kier molecular flexibility index (Phi) is 4.02. The molecule has 2 N–H and O–H groups in total. The van der Waals surface area contributed by atoms with Gasteiger partial charge in [0.05, 0.1) is 11.1 Å². The lowest BCUT2D eigenvalue weighted by atomic mass is 9.90. The first-order valence-corrected chi connectivity index (χ1v) is 6.46. The molecule has 0 aromatic heterocycles. The number of rotatable bonds is 2. The highest BCUT2D eigenvalue weighted by Crippen LogP contribution is 2.33. The molecule has 94 valence electrons. The summed E-state index contributed by atoms with van der Waals surface area (Å²) in [7, 11) is 0. The molecule has 1 aromatic rings. The zero-order chi connectivity index (χ0) is 12.4. The number of nitrogens with zero attached hydrogens (tertiary/aromatic N) is 1. The van der Waals surface area contributed by atoms with Gasteiger partial charge in [-0.05, 0) is 32.0 Å². The maximum absolute atomic E-state index is 14.1. The van der Waals surface area contributed by atoms with Gasteiger partial charge in [-0.1, -0.05) is 30.7 Å². The van der Waals surface area contributed by atoms with E-state index in [0.29, 0.717) is 5.56 Å². The Morgan fingerprint density at radius 1 is 1.53 bits per heavy atom. The van der Waals surface area contributed by atoms with Crippen molar-refractivity contribution in [2.24, 2.45) is 5.73 Å². The monoisotopic (exact) mass is 256 g/mol. The average molecular weight is 257 g/mol. The molecule has 0 amide bonds. The van der Waals surface area contributed by atoms with Crippen molar-refractivity contribution in [3.05, 3.63) is 34.6 Å². The summed E-state index contributed by atoms with van der Waals surface area (Å²) in [6, 6.07) is 5.09. The maximum Gasteiger partial charge on any atom is 0.146 e. The Morgan fingerprint density at radius 3 is 3.00 bits per heavy atom. The molecule has 17 heavy (non-hydrogen) atoms. The first-order valence-electron chi connectivity index (χ1n) is 6.08. The molecule has 1 aliphatic rings. The van der Waals surface area contributed by atoms with Crippen LogP contribution in [0.5, 0.6) is 0 Å². The van der Waals surface area contributed by atoms with E-state index in [0.717, 1.165) is 25.9 Å². The highest BCUT2D eigenvalue weighted by molar-refractivity contribution is 6.30. The SMILES string of the molecule is CCN1CCCC(N)C1c1cccc(Cl)c1F. The van der Waals surface area contributed by atoms with Crippen LogP contribution >= 0.6 is 11.6 Å². The smallest absolute Gasteiger partial charge is 0.146 e. The average Bonchev–Trinajstić information content (AvgIpc) is 2.33. The van der Waals surface area contributed by atoms with Gasteiger partial charge in [0.2, 0.25) is 0 Å². The van der Waals surface area contributed by atoms with Gasteiger partial charge in [-0.25, -0.2) is 4.39 Å². The van der Waals surface area contributed by atoms with Gasteiger partial charge < -0.3 is 5.73 Å². The first-order chi connectivity index (χ1) is 8.15. The number of nitrogens with two attached hydrogens (primary N) is 1. The second kappa shape index (κ2) is 5.34. The van der Waals surface area contributed by atoms with Gasteiger partial charge in [0.1, 0.15) is 5.82 Å². The molecule has 2 atom stereocenters. The van der Waals surface area contributed by atoms with Crippen LogP contribution in [-0.2, 0) is 0 Å². The predicted molar refractivity (Wildman–Crippen MR) is 68.6 cm³/mol. The van der Waals surface area contributed by atoms with E-state index in [9.17, 15) is 4.39 Å². The molecule has 1 aromatic carbocycles. The maximum atomic E-state index is 14.1. The third-order valence-corrected chi connectivity index (χ3v) is 3.78. The molecule has 0 bridgehead atoms. The number of hydrogen-bond acceptors (Lipinski definition) is 2. The summed E-state index contributed by atoms with van der Waals surface area (Å²) in [5.74, 6) is -0.324. The van der Waals surface area contributed by atoms with Crippen molar-refractivity contribution in [2.45, 2.75) is 31.8 Å². The molecule has 2 nitrogen and oxygen atoms in total. The van der Waals surface area contributed by atoms with Crippen LogP contribution in [0.4, 0.5) is 4.39 Å². The van der Waals surface area contributed by atoms with Crippen molar-refractivity contribution in [2.75, 3.05) is 13.1 Å². The van der Waals surface area contributed by atoms with Crippen molar-refractivity contribution >= 4 is 11.6 Å². The van der Waals surface area contributed by atoms with Crippen molar-refractivity contribution in [1.29, 1.82) is 0 Å². The van der Waals surface area contributed by atoms with Gasteiger partial charge in [-0.15, -0.1) is 0 Å². The lowest BCUT2D eigenvalue weighted by Crippen LogP contribution is -2.46. The largest absolute Gasteiger partial charge is 0.326 e. The topological polar surface area (TPSA) is 29.3 Å². The van der Waals surface area contributed by atoms with Crippen LogP contribution in [0.3, 0.4) is 0 Å². The third-order valence-electron chi connectivity index (χ3n) is 3.49. The van der Waals surface area contributed by atoms with Gasteiger partial charge in [0.15, 0.2) is 0 Å². The minimum absolute atomic E-state index is 0.0170. The van der Waals surface area contributed by atoms with Crippen molar-refractivity contribution in [1.82, 2.24) is 4.90 Å². The standard InChI is InChI=1S/C13H18ClFN2/c1-2-17-8-4-7-11(16)13(17)9-5-3-6-10(14)12(9)15/h3,5-6,11,13H,2,4,7-8,16H2,1H3. The summed E-state index contributed by atoms with van der Waals surface area (Å²) in [4.78, 5) is 2.23. The third kappa shape index (κ3) is 2.46. The minimum Gasteiger partial charge on any atom is -0.326 e. The number of likely N-dealkylation sites (tertiary alicyclic amines) is 1. The van der Waals surface area contributed by atoms with E-state index in [1.807, 2.05) is 0 Å². The first kappa shape index (κ1) is 12.8. The Hall–Kier alpha value is -0.640. The molecule has 1 heterocycles. The number of hydrogen-bond donors (Lipinski definition) is 1. The van der Waals surface area contributed by atoms with Gasteiger partial charge in [-0.3, -0.25) is 4.90 Å². The quantitative estimate of drug-likeness (QED) is 0.882. The predicted octanol–water partition coefficient (Wildman–Crippen LogP) is 2.96. The summed E-state index contributed by atoms with van der Waals surface area (Å²) in [5.41, 5.74) is 6.78. The van der Waals surface area contributed by atoms with Gasteiger partial charge in [-0.2, -0.15) is 0 Å². The van der Waals surface area contributed by atoms with E-state index < -0.39 is 0 Å². The van der Waals surface area contributed by atoms with Gasteiger partial charge in [0, 0.05) is 11.6 Å². The molecule has 1 aliphatic heterocycles. The highest BCUT2D eigenvalue weighted by Gasteiger charge is 2.31. The number of benzene rings is 1. The zero-order valence-electron chi connectivity index (χ0n) is 10.00. The zero-order valence-corrected chi connectivity index (χ0v) is 10.8. The van der Waals surface area contributed by atoms with Crippen LogP contribution in [0.1, 0.15) is 31.4 Å². The van der Waals surface area contributed by atoms with Crippen LogP contribution in [0.25, 0.3) is 0 Å². The molecular formula is C13H18ClFN2. The Labute approximate surface area is 107 Å². The molecule has 2 rings (SSSR count). The Morgan fingerprint density at radius 2 is 2.29 bits per heavy atom. The number of piperidine rings is 1. The van der Waals surface area contributed by atoms with E-state index >= 15 is 0 Å². The summed E-state index contributed by atoms with van der Waals surface area (Å²) < 4.78 is 14.1. The molecular weight excluding hydrogens is 239 g/mol. The summed E-state index contributed by atoms with van der Waals surface area (Å²) in [6.07, 6.45) is 2.01. The van der Waals surface area contributed by atoms with E-state index in [-0.39, 0.29) is 22.9 Å². The van der Waals surface area contributed by atoms with E-state index in [2.05, 4.69) is 11.8 Å². The molecule has 0 spiro atoms. The molecule has 1 saturated heterocycles. The molecule has 0 radical (unpaired) electrons. The lowest BCUT2D eigenvalue weighted by Gasteiger charge is -2.39. The van der Waals surface area contributed by atoms with Crippen LogP contribution < -0.4 is 5.73 Å². The molecule has 0 aliphatic carbocycles. The normalized spacial score (nSPS) is 26.1. The highest BCUT2D eigenvalue weighted by atomic mass is 35.5. The summed E-state index contributed by atoms with van der Waals surface area (Å²) in [6.45, 7) is 3.93. The van der Waals surface area contributed by atoms with E-state index in [4.69, 9.17) is 17.3 Å². The fraction of sp³-hybridized carbons (Fsp3) is 0.538. The Balaban J connectivity index is 2.38. The molecule has 2 unspecified atom stereocenters. The molecule has 4 heteroatoms. The van der Waals surface area contributed by atoms with Crippen LogP contribution in [-0.4, -0.2) is 24.0 Å². The van der Waals surface area contributed by atoms with Crippen molar-refractivity contribution < 1.29 is 4.39 Å². The fourth-order valence-electron chi connectivity index (χ4n) is 2.63. The minimum atomic E-state index is -0.324. The molecule has 1 fully saturated rings. The van der Waals surface area contributed by atoms with Crippen LogP contribution in [0.2, 0.25) is 5.02 Å². The van der Waals surface area contributed by atoms with E-state index in [1.165, 1.54) is 0 Å². The van der Waals surface area contributed by atoms with Crippen molar-refractivity contribution in [3.8, 4) is 0 Å². The summed E-state index contributed by atoms with van der Waals surface area (Å²) in [5, 5.41) is 0.177. The van der Waals surface area contributed by atoms with Gasteiger partial charge in [0.25, 0.3) is 0 Å². The molecule has 0 saturated carbocycles. The van der Waals surface area contributed by atoms with Crippen molar-refractivity contribution in [3.63, 3.8) is 0 Å². The Bertz CT molecular complexity index is 397. The number of halogens is 2. The second-order valence-electron chi connectivity index (χ2n) is 4.52. The van der Waals surface area contributed by atoms with Crippen LogP contribution in [0.15, 0.2) is 18.2 Å². The van der Waals surface area contributed by atoms with Crippen LogP contribution in [0, 0.1) is 5.82 Å². The second-order valence-corrected chi connectivity index (χ2v) is 4.93.